The highest BCUT2D eigenvalue weighted by molar-refractivity contribution is 5.84. The summed E-state index contributed by atoms with van der Waals surface area (Å²) >= 11 is 0. The Morgan fingerprint density at radius 1 is 1.67 bits per heavy atom. The number of nitrogens with one attached hydrogen (secondary N) is 1. The van der Waals surface area contributed by atoms with Crippen LogP contribution in [0.3, 0.4) is 0 Å². The van der Waals surface area contributed by atoms with Crippen molar-refractivity contribution in [1.82, 2.24) is 10.2 Å². The molecule has 0 unspecified atom stereocenters. The molecule has 0 spiro atoms. The van der Waals surface area contributed by atoms with E-state index >= 15 is 0 Å². The molecular formula is C10H20FN3O. The summed E-state index contributed by atoms with van der Waals surface area (Å²) < 4.78 is 12.8. The van der Waals surface area contributed by atoms with Crippen LogP contribution in [-0.2, 0) is 4.79 Å². The van der Waals surface area contributed by atoms with Crippen LogP contribution in [-0.4, -0.2) is 48.7 Å². The van der Waals surface area contributed by atoms with Crippen LogP contribution in [0, 0.1) is 0 Å². The summed E-state index contributed by atoms with van der Waals surface area (Å²) in [6, 6.07) is 0. The van der Waals surface area contributed by atoms with Gasteiger partial charge in [0.1, 0.15) is 6.17 Å². The van der Waals surface area contributed by atoms with Gasteiger partial charge in [-0.15, -0.1) is 0 Å². The average molecular weight is 217 g/mol. The van der Waals surface area contributed by atoms with E-state index in [1.54, 1.807) is 13.8 Å². The monoisotopic (exact) mass is 217 g/mol. The molecule has 1 aliphatic heterocycles. The summed E-state index contributed by atoms with van der Waals surface area (Å²) in [5, 5.41) is 2.74. The minimum atomic E-state index is -0.840. The number of nitrogens with two attached hydrogens (primary N) is 1. The highest BCUT2D eigenvalue weighted by Crippen LogP contribution is 2.10. The fourth-order valence-electron chi connectivity index (χ4n) is 1.54. The normalized spacial score (nSPS) is 23.1. The predicted octanol–water partition coefficient (Wildman–Crippen LogP) is -0.116. The third-order valence-electron chi connectivity index (χ3n) is 2.51. The van der Waals surface area contributed by atoms with Crippen molar-refractivity contribution in [1.29, 1.82) is 0 Å². The van der Waals surface area contributed by atoms with Crippen molar-refractivity contribution in [2.45, 2.75) is 32.0 Å². The fraction of sp³-hybridized carbons (Fsp3) is 0.900. The molecule has 1 rings (SSSR count). The van der Waals surface area contributed by atoms with Crippen LogP contribution in [0.25, 0.3) is 0 Å². The number of rotatable bonds is 4. The molecule has 1 heterocycles. The lowest BCUT2D eigenvalue weighted by Crippen LogP contribution is -2.50. The Morgan fingerprint density at radius 3 is 2.80 bits per heavy atom. The van der Waals surface area contributed by atoms with Gasteiger partial charge in [0, 0.05) is 26.2 Å². The van der Waals surface area contributed by atoms with E-state index in [4.69, 9.17) is 5.73 Å². The number of carbonyl (C=O) groups is 1. The first kappa shape index (κ1) is 12.4. The van der Waals surface area contributed by atoms with E-state index in [1.807, 2.05) is 4.90 Å². The largest absolute Gasteiger partial charge is 0.353 e. The van der Waals surface area contributed by atoms with E-state index in [1.165, 1.54) is 0 Å². The molecule has 1 fully saturated rings. The molecular weight excluding hydrogens is 197 g/mol. The zero-order valence-electron chi connectivity index (χ0n) is 9.42. The molecule has 1 saturated heterocycles. The van der Waals surface area contributed by atoms with E-state index < -0.39 is 11.7 Å². The predicted molar refractivity (Wildman–Crippen MR) is 57.2 cm³/mol. The maximum absolute atomic E-state index is 12.8. The molecule has 0 bridgehead atoms. The highest BCUT2D eigenvalue weighted by atomic mass is 19.1. The number of hydrogen-bond acceptors (Lipinski definition) is 3. The smallest absolute Gasteiger partial charge is 0.239 e. The molecule has 0 aromatic heterocycles. The van der Waals surface area contributed by atoms with Crippen LogP contribution < -0.4 is 11.1 Å². The second kappa shape index (κ2) is 4.90. The van der Waals surface area contributed by atoms with E-state index in [0.29, 0.717) is 26.1 Å². The Hall–Kier alpha value is -0.680. The van der Waals surface area contributed by atoms with Crippen LogP contribution in [0.15, 0.2) is 0 Å². The number of amides is 1. The maximum Gasteiger partial charge on any atom is 0.239 e. The molecule has 5 heteroatoms. The van der Waals surface area contributed by atoms with Crippen LogP contribution >= 0.6 is 0 Å². The quantitative estimate of drug-likeness (QED) is 0.690. The van der Waals surface area contributed by atoms with Crippen molar-refractivity contribution in [3.05, 3.63) is 0 Å². The summed E-state index contributed by atoms with van der Waals surface area (Å²) in [6.07, 6.45) is -0.0947. The zero-order valence-corrected chi connectivity index (χ0v) is 9.42. The fourth-order valence-corrected chi connectivity index (χ4v) is 1.54. The lowest BCUT2D eigenvalue weighted by molar-refractivity contribution is -0.125. The number of hydrogen-bond donors (Lipinski definition) is 2. The molecule has 1 atom stereocenters. The molecule has 0 aromatic carbocycles. The summed E-state index contributed by atoms with van der Waals surface area (Å²) in [4.78, 5) is 13.4. The average Bonchev–Trinajstić information content (AvgIpc) is 2.49. The molecule has 0 aromatic rings. The molecule has 1 aliphatic rings. The van der Waals surface area contributed by atoms with Crippen molar-refractivity contribution in [3.63, 3.8) is 0 Å². The SMILES string of the molecule is CC(C)(N)C(=O)NCCN1CC[C@@H](F)C1. The summed E-state index contributed by atoms with van der Waals surface area (Å²) in [5.74, 6) is -0.168. The number of nitrogens with zero attached hydrogens (tertiary/aromatic N) is 1. The van der Waals surface area contributed by atoms with Gasteiger partial charge in [-0.25, -0.2) is 4.39 Å². The maximum atomic E-state index is 12.8. The van der Waals surface area contributed by atoms with E-state index in [2.05, 4.69) is 5.32 Å². The Balaban J connectivity index is 2.14. The molecule has 1 amide bonds. The number of halogens is 1. The lowest BCUT2D eigenvalue weighted by Gasteiger charge is -2.20. The first-order chi connectivity index (χ1) is 6.89. The van der Waals surface area contributed by atoms with Gasteiger partial charge in [0.25, 0.3) is 0 Å². The van der Waals surface area contributed by atoms with Gasteiger partial charge in [-0.1, -0.05) is 0 Å². The van der Waals surface area contributed by atoms with Crippen molar-refractivity contribution in [2.75, 3.05) is 26.2 Å². The topological polar surface area (TPSA) is 58.4 Å². The van der Waals surface area contributed by atoms with Gasteiger partial charge < -0.3 is 11.1 Å². The van der Waals surface area contributed by atoms with Crippen LogP contribution in [0.1, 0.15) is 20.3 Å². The van der Waals surface area contributed by atoms with E-state index in [0.717, 1.165) is 6.54 Å². The van der Waals surface area contributed by atoms with Crippen molar-refractivity contribution >= 4 is 5.91 Å². The van der Waals surface area contributed by atoms with Gasteiger partial charge in [0.15, 0.2) is 0 Å². The van der Waals surface area contributed by atoms with Crippen molar-refractivity contribution in [2.24, 2.45) is 5.73 Å². The van der Waals surface area contributed by atoms with Crippen LogP contribution in [0.4, 0.5) is 4.39 Å². The lowest BCUT2D eigenvalue weighted by atomic mass is 10.1. The summed E-state index contributed by atoms with van der Waals surface area (Å²) in [6.45, 7) is 5.82. The molecule has 0 radical (unpaired) electrons. The molecule has 4 nitrogen and oxygen atoms in total. The number of likely N-dealkylation sites (tertiary alicyclic amines) is 1. The Labute approximate surface area is 90.0 Å². The molecule has 15 heavy (non-hydrogen) atoms. The first-order valence-corrected chi connectivity index (χ1v) is 5.33. The van der Waals surface area contributed by atoms with Gasteiger partial charge in [0.05, 0.1) is 5.54 Å². The number of carbonyl (C=O) groups excluding carboxylic acids is 1. The molecule has 0 saturated carbocycles. The minimum absolute atomic E-state index is 0.168. The third kappa shape index (κ3) is 4.13. The molecule has 88 valence electrons. The molecule has 3 N–H and O–H groups in total. The zero-order chi connectivity index (χ0) is 11.5. The third-order valence-corrected chi connectivity index (χ3v) is 2.51. The van der Waals surface area contributed by atoms with Gasteiger partial charge in [-0.2, -0.15) is 0 Å². The second-order valence-electron chi connectivity index (χ2n) is 4.66. The molecule has 0 aliphatic carbocycles. The van der Waals surface area contributed by atoms with E-state index in [9.17, 15) is 9.18 Å². The summed E-state index contributed by atoms with van der Waals surface area (Å²) in [7, 11) is 0. The highest BCUT2D eigenvalue weighted by Gasteiger charge is 2.23. The standard InChI is InChI=1S/C10H20FN3O/c1-10(2,12)9(15)13-4-6-14-5-3-8(11)7-14/h8H,3-7,12H2,1-2H3,(H,13,15)/t8-/m1/s1. The Morgan fingerprint density at radius 2 is 2.33 bits per heavy atom. The van der Waals surface area contributed by atoms with Gasteiger partial charge >= 0.3 is 0 Å². The summed E-state index contributed by atoms with van der Waals surface area (Å²) in [5.41, 5.74) is 4.77. The van der Waals surface area contributed by atoms with Crippen LogP contribution in [0.5, 0.6) is 0 Å². The van der Waals surface area contributed by atoms with Crippen molar-refractivity contribution in [3.8, 4) is 0 Å². The van der Waals surface area contributed by atoms with Gasteiger partial charge in [0.2, 0.25) is 5.91 Å². The van der Waals surface area contributed by atoms with Crippen molar-refractivity contribution < 1.29 is 9.18 Å². The first-order valence-electron chi connectivity index (χ1n) is 5.33. The van der Waals surface area contributed by atoms with E-state index in [-0.39, 0.29) is 5.91 Å². The second-order valence-corrected chi connectivity index (χ2v) is 4.66. The van der Waals surface area contributed by atoms with Gasteiger partial charge in [-0.3, -0.25) is 9.69 Å². The minimum Gasteiger partial charge on any atom is -0.353 e. The van der Waals surface area contributed by atoms with Gasteiger partial charge in [-0.05, 0) is 20.3 Å². The van der Waals surface area contributed by atoms with Crippen LogP contribution in [0.2, 0.25) is 0 Å². The Bertz CT molecular complexity index is 227. The number of alkyl halides is 1. The Kier molecular flexibility index (Phi) is 4.04.